The Morgan fingerprint density at radius 2 is 2.13 bits per heavy atom. The van der Waals surface area contributed by atoms with Crippen LogP contribution in [0.25, 0.3) is 21.4 Å². The van der Waals surface area contributed by atoms with Gasteiger partial charge in [-0.25, -0.2) is 9.97 Å². The van der Waals surface area contributed by atoms with Gasteiger partial charge in [0.2, 0.25) is 5.91 Å². The maximum atomic E-state index is 12.0. The number of carbonyl (C=O) groups is 1. The third-order valence-electron chi connectivity index (χ3n) is 3.01. The number of para-hydroxylation sites is 1. The van der Waals surface area contributed by atoms with Gasteiger partial charge in [0.15, 0.2) is 16.4 Å². The zero-order valence-electron chi connectivity index (χ0n) is 11.7. The minimum Gasteiger partial charge on any atom is -0.430 e. The minimum atomic E-state index is -0.149. The van der Waals surface area contributed by atoms with Gasteiger partial charge in [-0.3, -0.25) is 4.79 Å². The van der Waals surface area contributed by atoms with Crippen molar-refractivity contribution in [1.82, 2.24) is 15.0 Å². The molecule has 0 aliphatic heterocycles. The number of anilines is 1. The summed E-state index contributed by atoms with van der Waals surface area (Å²) in [5.74, 6) is 0.0483. The first-order chi connectivity index (χ1) is 11.3. The Morgan fingerprint density at radius 1 is 1.22 bits per heavy atom. The predicted octanol–water partition coefficient (Wildman–Crippen LogP) is 3.56. The smallest absolute Gasteiger partial charge is 0.258 e. The third-order valence-corrected chi connectivity index (χ3v) is 4.79. The fraction of sp³-hybridized carbons (Fsp3) is 0.0667. The zero-order chi connectivity index (χ0) is 15.6. The molecule has 1 amide bonds. The minimum absolute atomic E-state index is 0.149. The molecule has 4 rings (SSSR count). The number of thioether (sulfide) groups is 1. The van der Waals surface area contributed by atoms with Crippen molar-refractivity contribution in [1.29, 1.82) is 0 Å². The van der Waals surface area contributed by atoms with Gasteiger partial charge in [0.05, 0.1) is 16.0 Å². The molecule has 0 unspecified atom stereocenters. The normalized spacial score (nSPS) is 11.1. The lowest BCUT2D eigenvalue weighted by molar-refractivity contribution is -0.113. The molecule has 0 bridgehead atoms. The summed E-state index contributed by atoms with van der Waals surface area (Å²) in [6.45, 7) is 0. The van der Waals surface area contributed by atoms with E-state index in [-0.39, 0.29) is 11.7 Å². The van der Waals surface area contributed by atoms with E-state index < -0.39 is 0 Å². The number of benzene rings is 1. The summed E-state index contributed by atoms with van der Waals surface area (Å²) in [5, 5.41) is 3.82. The molecule has 8 heteroatoms. The number of rotatable bonds is 4. The van der Waals surface area contributed by atoms with Gasteiger partial charge in [0, 0.05) is 6.20 Å². The van der Waals surface area contributed by atoms with Gasteiger partial charge in [-0.15, -0.1) is 0 Å². The summed E-state index contributed by atoms with van der Waals surface area (Å²) in [4.78, 5) is 24.7. The van der Waals surface area contributed by atoms with Crippen molar-refractivity contribution < 1.29 is 9.21 Å². The first kappa shape index (κ1) is 14.2. The van der Waals surface area contributed by atoms with E-state index in [9.17, 15) is 4.79 Å². The van der Waals surface area contributed by atoms with Crippen LogP contribution < -0.4 is 5.32 Å². The van der Waals surface area contributed by atoms with E-state index in [2.05, 4.69) is 20.3 Å². The Bertz CT molecular complexity index is 929. The van der Waals surface area contributed by atoms with E-state index >= 15 is 0 Å². The second kappa shape index (κ2) is 5.98. The largest absolute Gasteiger partial charge is 0.430 e. The lowest BCUT2D eigenvalue weighted by atomic mass is 10.3. The fourth-order valence-electron chi connectivity index (χ4n) is 2.02. The van der Waals surface area contributed by atoms with Crippen LogP contribution in [0.4, 0.5) is 5.13 Å². The maximum absolute atomic E-state index is 12.0. The Balaban J connectivity index is 1.41. The molecule has 0 saturated heterocycles. The third kappa shape index (κ3) is 3.03. The fourth-order valence-corrected chi connectivity index (χ4v) is 3.53. The highest BCUT2D eigenvalue weighted by molar-refractivity contribution is 7.99. The Kier molecular flexibility index (Phi) is 3.68. The van der Waals surface area contributed by atoms with Gasteiger partial charge in [0.25, 0.3) is 5.22 Å². The number of thiazole rings is 1. The van der Waals surface area contributed by atoms with Gasteiger partial charge in [0.1, 0.15) is 0 Å². The van der Waals surface area contributed by atoms with E-state index in [0.29, 0.717) is 21.6 Å². The molecule has 0 aliphatic rings. The molecule has 6 nitrogen and oxygen atoms in total. The molecular formula is C15H10N4O2S2. The molecule has 0 atom stereocenters. The molecule has 0 radical (unpaired) electrons. The van der Waals surface area contributed by atoms with Crippen LogP contribution in [0.3, 0.4) is 0 Å². The van der Waals surface area contributed by atoms with E-state index in [1.165, 1.54) is 23.1 Å². The SMILES string of the molecule is O=C(CSc1nc2ncccc2o1)Nc1nc2ccccc2s1. The highest BCUT2D eigenvalue weighted by atomic mass is 32.2. The summed E-state index contributed by atoms with van der Waals surface area (Å²) in [6, 6.07) is 11.3. The maximum Gasteiger partial charge on any atom is 0.258 e. The molecule has 0 aliphatic carbocycles. The molecule has 114 valence electrons. The summed E-state index contributed by atoms with van der Waals surface area (Å²) >= 11 is 2.68. The average molecular weight is 342 g/mol. The number of aromatic nitrogens is 3. The second-order valence-electron chi connectivity index (χ2n) is 4.63. The van der Waals surface area contributed by atoms with Crippen LogP contribution in [0.1, 0.15) is 0 Å². The van der Waals surface area contributed by atoms with Crippen molar-refractivity contribution in [3.63, 3.8) is 0 Å². The van der Waals surface area contributed by atoms with Gasteiger partial charge in [-0.2, -0.15) is 4.98 Å². The monoisotopic (exact) mass is 342 g/mol. The number of pyridine rings is 1. The molecule has 3 heterocycles. The number of hydrogen-bond acceptors (Lipinski definition) is 7. The van der Waals surface area contributed by atoms with Gasteiger partial charge < -0.3 is 9.73 Å². The van der Waals surface area contributed by atoms with Crippen LogP contribution in [0.15, 0.2) is 52.2 Å². The lowest BCUT2D eigenvalue weighted by Gasteiger charge is -1.98. The number of nitrogens with one attached hydrogen (secondary N) is 1. The number of amides is 1. The summed E-state index contributed by atoms with van der Waals surface area (Å²) in [6.07, 6.45) is 1.65. The molecular weight excluding hydrogens is 332 g/mol. The lowest BCUT2D eigenvalue weighted by Crippen LogP contribution is -2.13. The number of oxazole rings is 1. The molecule has 0 spiro atoms. The van der Waals surface area contributed by atoms with E-state index in [0.717, 1.165) is 10.2 Å². The van der Waals surface area contributed by atoms with E-state index in [1.807, 2.05) is 24.3 Å². The summed E-state index contributed by atoms with van der Waals surface area (Å²) in [5.41, 5.74) is 2.04. The van der Waals surface area contributed by atoms with Crippen LogP contribution >= 0.6 is 23.1 Å². The standard InChI is InChI=1S/C15H10N4O2S2/c20-12(18-14-17-9-4-1-2-6-11(9)23-14)8-22-15-19-13-10(21-15)5-3-7-16-13/h1-7H,8H2,(H,17,18,20). The number of fused-ring (bicyclic) bond motifs is 2. The van der Waals surface area contributed by atoms with Crippen molar-refractivity contribution >= 4 is 55.6 Å². The van der Waals surface area contributed by atoms with Crippen LogP contribution in [-0.4, -0.2) is 26.6 Å². The zero-order valence-corrected chi connectivity index (χ0v) is 13.4. The summed E-state index contributed by atoms with van der Waals surface area (Å²) < 4.78 is 6.56. The molecule has 23 heavy (non-hydrogen) atoms. The molecule has 3 aromatic heterocycles. The first-order valence-electron chi connectivity index (χ1n) is 6.78. The molecule has 4 aromatic rings. The number of nitrogens with zero attached hydrogens (tertiary/aromatic N) is 3. The van der Waals surface area contributed by atoms with Crippen LogP contribution in [0.2, 0.25) is 0 Å². The predicted molar refractivity (Wildman–Crippen MR) is 90.8 cm³/mol. The van der Waals surface area contributed by atoms with Crippen molar-refractivity contribution in [3.05, 3.63) is 42.6 Å². The molecule has 1 N–H and O–H groups in total. The van der Waals surface area contributed by atoms with Crippen LogP contribution in [0, 0.1) is 0 Å². The highest BCUT2D eigenvalue weighted by Crippen LogP contribution is 2.26. The van der Waals surface area contributed by atoms with Gasteiger partial charge >= 0.3 is 0 Å². The first-order valence-corrected chi connectivity index (χ1v) is 8.58. The topological polar surface area (TPSA) is 80.9 Å². The molecule has 0 saturated carbocycles. The van der Waals surface area contributed by atoms with Crippen molar-refractivity contribution in [3.8, 4) is 0 Å². The quantitative estimate of drug-likeness (QED) is 0.571. The average Bonchev–Trinajstić information content (AvgIpc) is 3.15. The Morgan fingerprint density at radius 3 is 3.00 bits per heavy atom. The Hall–Kier alpha value is -2.45. The number of carbonyl (C=O) groups excluding carboxylic acids is 1. The van der Waals surface area contributed by atoms with Crippen molar-refractivity contribution in [2.45, 2.75) is 5.22 Å². The van der Waals surface area contributed by atoms with Crippen LogP contribution in [0.5, 0.6) is 0 Å². The van der Waals surface area contributed by atoms with Crippen molar-refractivity contribution in [2.75, 3.05) is 11.1 Å². The van der Waals surface area contributed by atoms with Crippen LogP contribution in [-0.2, 0) is 4.79 Å². The van der Waals surface area contributed by atoms with Gasteiger partial charge in [-0.1, -0.05) is 35.2 Å². The number of hydrogen-bond donors (Lipinski definition) is 1. The summed E-state index contributed by atoms with van der Waals surface area (Å²) in [7, 11) is 0. The van der Waals surface area contributed by atoms with E-state index in [1.54, 1.807) is 18.3 Å². The molecule has 0 fully saturated rings. The molecule has 1 aromatic carbocycles. The van der Waals surface area contributed by atoms with Crippen molar-refractivity contribution in [2.24, 2.45) is 0 Å². The Labute approximate surface area is 139 Å². The highest BCUT2D eigenvalue weighted by Gasteiger charge is 2.11. The van der Waals surface area contributed by atoms with Gasteiger partial charge in [-0.05, 0) is 24.3 Å². The van der Waals surface area contributed by atoms with E-state index in [4.69, 9.17) is 4.42 Å². The second-order valence-corrected chi connectivity index (χ2v) is 6.59.